The smallest absolute Gasteiger partial charge is 0.190 e. The molecule has 0 aliphatic rings. The molecule has 0 saturated carbocycles. The van der Waals surface area contributed by atoms with E-state index in [4.69, 9.17) is 15.3 Å². The van der Waals surface area contributed by atoms with Crippen LogP contribution in [0.4, 0.5) is 20.2 Å². The highest BCUT2D eigenvalue weighted by Crippen LogP contribution is 2.40. The van der Waals surface area contributed by atoms with E-state index in [1.165, 1.54) is 12.1 Å². The van der Waals surface area contributed by atoms with E-state index < -0.39 is 28.5 Å². The molecule has 6 heteroatoms. The zero-order chi connectivity index (χ0) is 18.5. The lowest BCUT2D eigenvalue weighted by Crippen LogP contribution is -2.05. The topological polar surface area (TPSA) is 68.8 Å². The van der Waals surface area contributed by atoms with Crippen molar-refractivity contribution in [3.8, 4) is 23.6 Å². The summed E-state index contributed by atoms with van der Waals surface area (Å²) >= 11 is 0. The van der Waals surface area contributed by atoms with Gasteiger partial charge in [0.25, 0.3) is 0 Å². The normalized spacial score (nSPS) is 9.85. The molecule has 0 aliphatic heterocycles. The molecule has 126 valence electrons. The van der Waals surface area contributed by atoms with Crippen molar-refractivity contribution in [1.82, 2.24) is 0 Å². The molecule has 0 amide bonds. The van der Waals surface area contributed by atoms with Crippen molar-refractivity contribution >= 4 is 11.4 Å². The molecule has 3 rings (SSSR count). The first kappa shape index (κ1) is 16.9. The van der Waals surface area contributed by atoms with E-state index in [0.717, 1.165) is 0 Å². The number of nitrogens with one attached hydrogen (secondary N) is 1. The van der Waals surface area contributed by atoms with E-state index in [9.17, 15) is 8.78 Å². The molecular weight excluding hydrogens is 336 g/mol. The van der Waals surface area contributed by atoms with Crippen LogP contribution in [0.5, 0.6) is 11.5 Å². The Morgan fingerprint density at radius 2 is 1.31 bits per heavy atom. The van der Waals surface area contributed by atoms with Crippen molar-refractivity contribution in [2.45, 2.75) is 0 Å². The van der Waals surface area contributed by atoms with Crippen LogP contribution < -0.4 is 10.1 Å². The van der Waals surface area contributed by atoms with E-state index in [-0.39, 0.29) is 11.4 Å². The maximum absolute atomic E-state index is 14.9. The highest BCUT2D eigenvalue weighted by atomic mass is 19.1. The van der Waals surface area contributed by atoms with Crippen LogP contribution in [0.1, 0.15) is 11.1 Å². The van der Waals surface area contributed by atoms with Gasteiger partial charge in [-0.05, 0) is 24.3 Å². The number of anilines is 2. The van der Waals surface area contributed by atoms with E-state index in [1.807, 2.05) is 0 Å². The van der Waals surface area contributed by atoms with Gasteiger partial charge < -0.3 is 10.1 Å². The fourth-order valence-electron chi connectivity index (χ4n) is 2.36. The fourth-order valence-corrected chi connectivity index (χ4v) is 2.36. The first-order valence-corrected chi connectivity index (χ1v) is 7.55. The Labute approximate surface area is 148 Å². The van der Waals surface area contributed by atoms with Crippen LogP contribution in [-0.2, 0) is 0 Å². The van der Waals surface area contributed by atoms with Crippen LogP contribution in [-0.4, -0.2) is 0 Å². The van der Waals surface area contributed by atoms with Gasteiger partial charge in [-0.15, -0.1) is 0 Å². The van der Waals surface area contributed by atoms with Gasteiger partial charge >= 0.3 is 0 Å². The third kappa shape index (κ3) is 3.17. The van der Waals surface area contributed by atoms with Gasteiger partial charge in [-0.3, -0.25) is 0 Å². The second kappa shape index (κ2) is 7.33. The van der Waals surface area contributed by atoms with Crippen LogP contribution in [0.15, 0.2) is 60.7 Å². The van der Waals surface area contributed by atoms with Crippen molar-refractivity contribution in [2.24, 2.45) is 0 Å². The van der Waals surface area contributed by atoms with E-state index in [2.05, 4.69) is 5.32 Å². The van der Waals surface area contributed by atoms with Crippen LogP contribution in [0.25, 0.3) is 0 Å². The third-order valence-corrected chi connectivity index (χ3v) is 3.56. The molecule has 1 N–H and O–H groups in total. The Kier molecular flexibility index (Phi) is 4.78. The van der Waals surface area contributed by atoms with Gasteiger partial charge in [-0.25, -0.2) is 8.78 Å². The third-order valence-electron chi connectivity index (χ3n) is 3.56. The standard InChI is InChI=1S/C20H11F2N3O/c21-17-15(11-23)16(12-24)18(22)20(26-14-9-5-2-6-10-14)19(17)25-13-7-3-1-4-8-13/h1-10,25H. The number of hydrogen-bond acceptors (Lipinski definition) is 4. The fraction of sp³-hybridized carbons (Fsp3) is 0. The number of halogens is 2. The second-order valence-corrected chi connectivity index (χ2v) is 5.21. The predicted octanol–water partition coefficient (Wildman–Crippen LogP) is 5.24. The summed E-state index contributed by atoms with van der Waals surface area (Å²) in [6.07, 6.45) is 0. The minimum Gasteiger partial charge on any atom is -0.452 e. The average molecular weight is 347 g/mol. The van der Waals surface area contributed by atoms with E-state index in [0.29, 0.717) is 5.69 Å². The van der Waals surface area contributed by atoms with Gasteiger partial charge in [-0.2, -0.15) is 10.5 Å². The lowest BCUT2D eigenvalue weighted by Gasteiger charge is -2.16. The number of nitriles is 2. The van der Waals surface area contributed by atoms with Crippen LogP contribution in [0.2, 0.25) is 0 Å². The molecule has 0 unspecified atom stereocenters. The predicted molar refractivity (Wildman–Crippen MR) is 92.0 cm³/mol. The summed E-state index contributed by atoms with van der Waals surface area (Å²) in [5, 5.41) is 21.0. The van der Waals surface area contributed by atoms with Gasteiger partial charge in [0.1, 0.15) is 34.7 Å². The number of nitrogens with zero attached hydrogens (tertiary/aromatic N) is 2. The number of benzene rings is 3. The number of hydrogen-bond donors (Lipinski definition) is 1. The SMILES string of the molecule is N#Cc1c(F)c(Nc2ccccc2)c(Oc2ccccc2)c(F)c1C#N. The van der Waals surface area contributed by atoms with Gasteiger partial charge in [-0.1, -0.05) is 36.4 Å². The summed E-state index contributed by atoms with van der Waals surface area (Å²) in [6, 6.07) is 19.8. The number of para-hydroxylation sites is 2. The summed E-state index contributed by atoms with van der Waals surface area (Å²) in [5.74, 6) is -2.39. The highest BCUT2D eigenvalue weighted by molar-refractivity contribution is 5.73. The highest BCUT2D eigenvalue weighted by Gasteiger charge is 2.26. The minimum absolute atomic E-state index is 0.260. The van der Waals surface area contributed by atoms with Gasteiger partial charge in [0.15, 0.2) is 17.4 Å². The monoisotopic (exact) mass is 347 g/mol. The summed E-state index contributed by atoms with van der Waals surface area (Å²) < 4.78 is 35.2. The largest absolute Gasteiger partial charge is 0.452 e. The van der Waals surface area contributed by atoms with Gasteiger partial charge in [0, 0.05) is 5.69 Å². The van der Waals surface area contributed by atoms with Crippen LogP contribution in [0.3, 0.4) is 0 Å². The van der Waals surface area contributed by atoms with Crippen molar-refractivity contribution < 1.29 is 13.5 Å². The number of ether oxygens (including phenoxy) is 1. The molecule has 3 aromatic carbocycles. The maximum atomic E-state index is 14.9. The molecular formula is C20H11F2N3O. The molecule has 0 aromatic heterocycles. The Hall–Kier alpha value is -3.90. The van der Waals surface area contributed by atoms with Crippen molar-refractivity contribution in [3.63, 3.8) is 0 Å². The van der Waals surface area contributed by atoms with Gasteiger partial charge in [0.2, 0.25) is 0 Å². The van der Waals surface area contributed by atoms with E-state index in [1.54, 1.807) is 60.7 Å². The molecule has 3 aromatic rings. The molecule has 0 spiro atoms. The van der Waals surface area contributed by atoms with Crippen LogP contribution in [0, 0.1) is 34.3 Å². The average Bonchev–Trinajstić information content (AvgIpc) is 2.68. The zero-order valence-corrected chi connectivity index (χ0v) is 13.3. The maximum Gasteiger partial charge on any atom is 0.190 e. The molecule has 4 nitrogen and oxygen atoms in total. The summed E-state index contributed by atoms with van der Waals surface area (Å²) in [6.45, 7) is 0. The van der Waals surface area contributed by atoms with Crippen molar-refractivity contribution in [3.05, 3.63) is 83.4 Å². The Morgan fingerprint density at radius 3 is 1.88 bits per heavy atom. The van der Waals surface area contributed by atoms with Gasteiger partial charge in [0.05, 0.1) is 0 Å². The molecule has 0 saturated heterocycles. The summed E-state index contributed by atoms with van der Waals surface area (Å²) in [5.41, 5.74) is -1.26. The summed E-state index contributed by atoms with van der Waals surface area (Å²) in [7, 11) is 0. The van der Waals surface area contributed by atoms with Crippen molar-refractivity contribution in [2.75, 3.05) is 5.32 Å². The molecule has 0 radical (unpaired) electrons. The van der Waals surface area contributed by atoms with Crippen molar-refractivity contribution in [1.29, 1.82) is 10.5 Å². The Bertz CT molecular complexity index is 939. The first-order valence-electron chi connectivity index (χ1n) is 7.55. The zero-order valence-electron chi connectivity index (χ0n) is 13.3. The lowest BCUT2D eigenvalue weighted by molar-refractivity contribution is 0.438. The first-order chi connectivity index (χ1) is 12.7. The molecule has 0 bridgehead atoms. The quantitative estimate of drug-likeness (QED) is 0.700. The molecule has 0 fully saturated rings. The summed E-state index contributed by atoms with van der Waals surface area (Å²) in [4.78, 5) is 0. The molecule has 0 aliphatic carbocycles. The Morgan fingerprint density at radius 1 is 0.769 bits per heavy atom. The van der Waals surface area contributed by atoms with Crippen LogP contribution >= 0.6 is 0 Å². The molecule has 0 atom stereocenters. The number of rotatable bonds is 4. The van der Waals surface area contributed by atoms with E-state index >= 15 is 0 Å². The Balaban J connectivity index is 2.21. The second-order valence-electron chi connectivity index (χ2n) is 5.21. The molecule has 26 heavy (non-hydrogen) atoms. The minimum atomic E-state index is -1.10. The molecule has 0 heterocycles. The lowest BCUT2D eigenvalue weighted by atomic mass is 10.1.